The first-order chi connectivity index (χ1) is 37.6. The Morgan fingerprint density at radius 1 is 0.696 bits per heavy atom. The smallest absolute Gasteiger partial charge is 0.399 e. The number of nitrogens with zero attached hydrogens (tertiary/aromatic N) is 6. The lowest BCUT2D eigenvalue weighted by atomic mass is 9.76. The molecule has 9 rings (SSSR count). The molecule has 2 atom stereocenters. The van der Waals surface area contributed by atoms with Gasteiger partial charge in [-0.2, -0.15) is 13.2 Å². The number of amides is 4. The van der Waals surface area contributed by atoms with Crippen LogP contribution in [0.4, 0.5) is 57.4 Å². The molecule has 0 saturated carbocycles. The minimum Gasteiger partial charge on any atom is -0.399 e. The number of likely N-dealkylation sites (tertiary alicyclic amines) is 2. The van der Waals surface area contributed by atoms with Crippen molar-refractivity contribution in [2.75, 3.05) is 136 Å². The number of carbonyl (C=O) groups is 2. The fourth-order valence-electron chi connectivity index (χ4n) is 9.83. The van der Waals surface area contributed by atoms with E-state index >= 15 is 0 Å². The Morgan fingerprint density at radius 3 is 1.71 bits per heavy atom. The lowest BCUT2D eigenvalue weighted by Gasteiger charge is -2.32. The van der Waals surface area contributed by atoms with Crippen LogP contribution in [0.2, 0.25) is 0 Å². The van der Waals surface area contributed by atoms with Crippen LogP contribution in [0.3, 0.4) is 0 Å². The summed E-state index contributed by atoms with van der Waals surface area (Å²) in [7, 11) is -0.556. The molecular formula is C56H79BF3IN10O8. The number of benzene rings is 2. The van der Waals surface area contributed by atoms with Crippen LogP contribution in [0.25, 0.3) is 11.1 Å². The number of hydrogen-bond acceptors (Lipinski definition) is 14. The number of hydrogen-bond donors (Lipinski definition) is 6. The van der Waals surface area contributed by atoms with Gasteiger partial charge in [0, 0.05) is 86.8 Å². The van der Waals surface area contributed by atoms with Crippen molar-refractivity contribution in [3.05, 3.63) is 75.4 Å². The summed E-state index contributed by atoms with van der Waals surface area (Å²) >= 11 is 2.28. The summed E-state index contributed by atoms with van der Waals surface area (Å²) in [6, 6.07) is 19.2. The van der Waals surface area contributed by atoms with Gasteiger partial charge in [-0.05, 0) is 159 Å². The largest absolute Gasteiger partial charge is 0.495 e. The van der Waals surface area contributed by atoms with Gasteiger partial charge < -0.3 is 69.9 Å². The monoisotopic (exact) mass is 1210 g/mol. The van der Waals surface area contributed by atoms with Gasteiger partial charge >= 0.3 is 25.4 Å². The maximum Gasteiger partial charge on any atom is 0.495 e. The molecule has 2 aromatic carbocycles. The quantitative estimate of drug-likeness (QED) is 0.0519. The van der Waals surface area contributed by atoms with E-state index in [9.17, 15) is 27.9 Å². The predicted molar refractivity (Wildman–Crippen MR) is 314 cm³/mol. The Balaban J connectivity index is 0.000000180. The van der Waals surface area contributed by atoms with Gasteiger partial charge in [-0.1, -0.05) is 31.0 Å². The van der Waals surface area contributed by atoms with Crippen molar-refractivity contribution in [3.63, 3.8) is 0 Å². The molecule has 0 bridgehead atoms. The topological polar surface area (TPSA) is 198 Å². The van der Waals surface area contributed by atoms with Crippen LogP contribution in [-0.4, -0.2) is 172 Å². The number of aliphatic hydroxyl groups excluding tert-OH is 2. The van der Waals surface area contributed by atoms with E-state index in [4.69, 9.17) is 28.9 Å². The van der Waals surface area contributed by atoms with Crippen molar-refractivity contribution in [1.82, 2.24) is 19.8 Å². The first kappa shape index (κ1) is 61.4. The van der Waals surface area contributed by atoms with E-state index in [1.54, 1.807) is 12.1 Å². The molecule has 5 saturated heterocycles. The SMILES string of the molecule is CC[C@@H]1CCN(C(=O)Nc2ccc(C)c(-c3cc(NCCO)nc(N4CCOCC4)c3)c2)C1.Cc1ccc(NC(=O)N2CC[C@@H](CC(F)(F)F)C2)cc1B1OC(C)(C)C(C)(C)O1.OCCNc1cc(I)cc(N2CCOCC2)n1. The van der Waals surface area contributed by atoms with Crippen LogP contribution in [0.15, 0.2) is 60.7 Å². The summed E-state index contributed by atoms with van der Waals surface area (Å²) in [6.07, 6.45) is -2.51. The van der Waals surface area contributed by atoms with Crippen molar-refractivity contribution in [3.8, 4) is 11.1 Å². The maximum atomic E-state index is 12.8. The molecule has 0 unspecified atom stereocenters. The maximum absolute atomic E-state index is 12.8. The third kappa shape index (κ3) is 17.4. The molecule has 0 aliphatic carbocycles. The Bertz CT molecular complexity index is 2650. The van der Waals surface area contributed by atoms with E-state index < -0.39 is 42.9 Å². The zero-order valence-electron chi connectivity index (χ0n) is 46.7. The zero-order chi connectivity index (χ0) is 56.9. The number of alkyl halides is 3. The predicted octanol–water partition coefficient (Wildman–Crippen LogP) is 8.59. The Hall–Kier alpha value is -5.18. The van der Waals surface area contributed by atoms with Gasteiger partial charge in [0.1, 0.15) is 23.3 Å². The first-order valence-corrected chi connectivity index (χ1v) is 28.5. The number of urea groups is 2. The summed E-state index contributed by atoms with van der Waals surface area (Å²) in [5, 5.41) is 30.2. The fourth-order valence-corrected chi connectivity index (χ4v) is 10.4. The highest BCUT2D eigenvalue weighted by Gasteiger charge is 2.52. The lowest BCUT2D eigenvalue weighted by Crippen LogP contribution is -2.41. The summed E-state index contributed by atoms with van der Waals surface area (Å²) in [5.74, 6) is 3.45. The van der Waals surface area contributed by atoms with E-state index in [2.05, 4.69) is 84.6 Å². The van der Waals surface area contributed by atoms with E-state index in [1.807, 2.05) is 75.9 Å². The van der Waals surface area contributed by atoms with Gasteiger partial charge in [0.15, 0.2) is 0 Å². The second kappa shape index (κ2) is 28.0. The van der Waals surface area contributed by atoms with Crippen molar-refractivity contribution >= 4 is 81.9 Å². The second-order valence-electron chi connectivity index (χ2n) is 21.6. The van der Waals surface area contributed by atoms with Gasteiger partial charge in [-0.25, -0.2) is 19.6 Å². The number of aliphatic hydroxyl groups is 2. The molecule has 0 spiro atoms. The average molecular weight is 1220 g/mol. The molecule has 4 aromatic rings. The molecule has 2 aromatic heterocycles. The molecule has 432 valence electrons. The van der Waals surface area contributed by atoms with Crippen LogP contribution < -0.4 is 36.5 Å². The van der Waals surface area contributed by atoms with Crippen molar-refractivity contribution in [2.24, 2.45) is 11.8 Å². The molecule has 23 heteroatoms. The molecule has 6 N–H and O–H groups in total. The molecule has 0 radical (unpaired) electrons. The number of anilines is 6. The molecule has 5 fully saturated rings. The Kier molecular flexibility index (Phi) is 21.8. The number of ether oxygens (including phenoxy) is 2. The fraction of sp³-hybridized carbons (Fsp3) is 0.571. The van der Waals surface area contributed by atoms with Crippen LogP contribution in [-0.2, 0) is 18.8 Å². The first-order valence-electron chi connectivity index (χ1n) is 27.4. The standard InChI is InChI=1S/C25H35N5O3.C20H28BF3N2O3.C11H16IN3O2/c1-3-19-6-8-30(17-19)25(32)27-21-5-4-18(2)22(16-21)20-14-23(26-7-11-31)28-24(15-20)29-9-12-33-13-10-29;1-13-6-7-15(10-16(13)21-28-18(2,3)19(4,5)29-21)25-17(27)26-9-8-14(12-26)11-20(22,23)24;12-9-7-10(13-1-4-16)14-11(8-9)15-2-5-17-6-3-15/h4-5,14-16,19,31H,3,6-13,17H2,1-2H3,(H,26,28)(H,27,32);6-7,10,14H,8-9,11-12H2,1-5H3,(H,25,27);7-8,16H,1-6H2,(H,13,14)/t19-;14-;/m10./s1. The molecular weight excluding hydrogens is 1140 g/mol. The highest BCUT2D eigenvalue weighted by atomic mass is 127. The minimum atomic E-state index is -4.20. The summed E-state index contributed by atoms with van der Waals surface area (Å²) in [5.41, 5.74) is 5.36. The third-order valence-electron chi connectivity index (χ3n) is 15.2. The van der Waals surface area contributed by atoms with Gasteiger partial charge in [0.25, 0.3) is 0 Å². The number of morpholine rings is 2. The molecule has 4 amide bonds. The molecule has 5 aliphatic rings. The van der Waals surface area contributed by atoms with Crippen molar-refractivity contribution in [1.29, 1.82) is 0 Å². The van der Waals surface area contributed by atoms with Crippen LogP contribution in [0.5, 0.6) is 0 Å². The molecule has 7 heterocycles. The number of aryl methyl sites for hydroxylation is 2. The Morgan fingerprint density at radius 2 is 1.19 bits per heavy atom. The minimum absolute atomic E-state index is 0.0326. The van der Waals surface area contributed by atoms with E-state index in [-0.39, 0.29) is 25.8 Å². The van der Waals surface area contributed by atoms with Gasteiger partial charge in [0.05, 0.1) is 50.8 Å². The summed E-state index contributed by atoms with van der Waals surface area (Å²) in [6.45, 7) is 23.5. The zero-order valence-corrected chi connectivity index (χ0v) is 48.8. The molecule has 5 aliphatic heterocycles. The van der Waals surface area contributed by atoms with E-state index in [0.29, 0.717) is 50.9 Å². The lowest BCUT2D eigenvalue weighted by molar-refractivity contribution is -0.143. The van der Waals surface area contributed by atoms with Gasteiger partial charge in [0.2, 0.25) is 0 Å². The summed E-state index contributed by atoms with van der Waals surface area (Å²) in [4.78, 5) is 42.4. The van der Waals surface area contributed by atoms with Gasteiger partial charge in [-0.15, -0.1) is 0 Å². The number of carbonyl (C=O) groups excluding carboxylic acids is 2. The number of pyridine rings is 2. The normalized spacial score (nSPS) is 19.8. The number of nitrogens with one attached hydrogen (secondary N) is 4. The number of halogens is 4. The second-order valence-corrected chi connectivity index (χ2v) is 22.9. The summed E-state index contributed by atoms with van der Waals surface area (Å²) < 4.78 is 61.9. The van der Waals surface area contributed by atoms with Crippen LogP contribution >= 0.6 is 22.6 Å². The van der Waals surface area contributed by atoms with E-state index in [0.717, 1.165) is 126 Å². The third-order valence-corrected chi connectivity index (χ3v) is 15.8. The van der Waals surface area contributed by atoms with Gasteiger partial charge in [-0.3, -0.25) is 0 Å². The number of rotatable bonds is 14. The van der Waals surface area contributed by atoms with Crippen LogP contribution in [0, 0.1) is 29.3 Å². The van der Waals surface area contributed by atoms with Crippen molar-refractivity contribution < 1.29 is 51.8 Å². The highest BCUT2D eigenvalue weighted by molar-refractivity contribution is 14.1. The number of aromatic nitrogens is 2. The van der Waals surface area contributed by atoms with Crippen molar-refractivity contribution in [2.45, 2.75) is 91.5 Å². The Labute approximate surface area is 477 Å². The van der Waals surface area contributed by atoms with E-state index in [1.165, 1.54) is 4.90 Å². The molecule has 79 heavy (non-hydrogen) atoms. The van der Waals surface area contributed by atoms with Crippen LogP contribution in [0.1, 0.15) is 71.4 Å². The average Bonchev–Trinajstić information content (AvgIpc) is 4.22. The highest BCUT2D eigenvalue weighted by Crippen LogP contribution is 2.38. The molecule has 18 nitrogen and oxygen atoms in total.